The van der Waals surface area contributed by atoms with Gasteiger partial charge in [0.25, 0.3) is 19.7 Å². The lowest BCUT2D eigenvalue weighted by molar-refractivity contribution is -0.0477. The Kier molecular flexibility index (Phi) is 7.55. The summed E-state index contributed by atoms with van der Waals surface area (Å²) in [4.78, 5) is 11.2. The van der Waals surface area contributed by atoms with Crippen LogP contribution in [0.4, 0.5) is 31.1 Å². The van der Waals surface area contributed by atoms with E-state index in [4.69, 9.17) is 0 Å². The van der Waals surface area contributed by atoms with Crippen LogP contribution in [0.25, 0.3) is 0 Å². The molecule has 0 aromatic heterocycles. The minimum Gasteiger partial charge on any atom is -0.431 e. The number of ether oxygens (including phenoxy) is 2. The Bertz CT molecular complexity index is 692. The van der Waals surface area contributed by atoms with Gasteiger partial charge in [-0.1, -0.05) is 6.58 Å². The number of alkyl halides is 6. The van der Waals surface area contributed by atoms with E-state index in [1.165, 1.54) is 6.92 Å². The molecule has 0 saturated carbocycles. The van der Waals surface area contributed by atoms with Crippen LogP contribution < -0.4 is 0 Å². The van der Waals surface area contributed by atoms with Gasteiger partial charge in [-0.15, -0.1) is 0 Å². The van der Waals surface area contributed by atoms with Crippen LogP contribution >= 0.6 is 0 Å². The fourth-order valence-electron chi connectivity index (χ4n) is 1.42. The van der Waals surface area contributed by atoms with Crippen molar-refractivity contribution in [2.24, 2.45) is 0 Å². The van der Waals surface area contributed by atoms with Gasteiger partial charge in [0.1, 0.15) is 12.7 Å². The summed E-state index contributed by atoms with van der Waals surface area (Å²) < 4.78 is 125. The molecule has 1 unspecified atom stereocenters. The van der Waals surface area contributed by atoms with E-state index in [0.29, 0.717) is 12.5 Å². The molecule has 0 saturated heterocycles. The minimum atomic E-state index is -6.79. The second-order valence-electron chi connectivity index (χ2n) is 5.07. The maximum absolute atomic E-state index is 12.6. The van der Waals surface area contributed by atoms with E-state index in [0.717, 1.165) is 0 Å². The minimum absolute atomic E-state index is 0.312. The van der Waals surface area contributed by atoms with Gasteiger partial charge in [0, 0.05) is 6.42 Å². The number of rotatable bonds is 7. The molecule has 0 aromatic rings. The molecule has 1 atom stereocenters. The van der Waals surface area contributed by atoms with Crippen molar-refractivity contribution in [3.05, 3.63) is 12.2 Å². The van der Waals surface area contributed by atoms with E-state index in [9.17, 15) is 48.0 Å². The van der Waals surface area contributed by atoms with E-state index in [1.54, 1.807) is 0 Å². The Balaban J connectivity index is 5.67. The monoisotopic (exact) mass is 436 g/mol. The second kappa shape index (κ2) is 8.02. The van der Waals surface area contributed by atoms with Gasteiger partial charge in [-0.05, 0) is 19.4 Å². The van der Waals surface area contributed by atoms with Gasteiger partial charge >= 0.3 is 17.2 Å². The van der Waals surface area contributed by atoms with Crippen LogP contribution in [-0.2, 0) is 29.1 Å². The lowest BCUT2D eigenvalue weighted by Gasteiger charge is -2.23. The summed E-state index contributed by atoms with van der Waals surface area (Å²) in [5.41, 5.74) is -12.3. The van der Waals surface area contributed by atoms with Crippen LogP contribution in [0.5, 0.6) is 0 Å². The molecule has 0 amide bonds. The van der Waals surface area contributed by atoms with Crippen molar-refractivity contribution >= 4 is 25.8 Å². The Morgan fingerprint density at radius 1 is 1.00 bits per heavy atom. The quantitative estimate of drug-likeness (QED) is 0.343. The fraction of sp³-hybridized carbons (Fsp3) is 0.727. The van der Waals surface area contributed by atoms with Crippen molar-refractivity contribution in [3.8, 4) is 0 Å². The van der Waals surface area contributed by atoms with E-state index in [-0.39, 0.29) is 0 Å². The fourth-order valence-corrected chi connectivity index (χ4v) is 5.05. The first-order chi connectivity index (χ1) is 11.3. The molecule has 0 aliphatic heterocycles. The molecular formula is C11H14F6O7S2. The highest BCUT2D eigenvalue weighted by Crippen LogP contribution is 2.38. The van der Waals surface area contributed by atoms with E-state index in [1.807, 2.05) is 0 Å². The summed E-state index contributed by atoms with van der Waals surface area (Å²) >= 11 is 0. The second-order valence-corrected chi connectivity index (χ2v) is 9.61. The Morgan fingerprint density at radius 2 is 1.38 bits per heavy atom. The standard InChI is InChI=1S/C11H14F6O7S2/c1-6(2)5-23-9(18)24-7(3)4-8(25(19,20)10(12,13)14)26(21,22)11(15,16)17/h7-8H,1,4-5H2,2-3H3. The molecular weight excluding hydrogens is 422 g/mol. The lowest BCUT2D eigenvalue weighted by atomic mass is 10.3. The third-order valence-electron chi connectivity index (χ3n) is 2.60. The maximum Gasteiger partial charge on any atom is 0.508 e. The molecule has 0 fully saturated rings. The van der Waals surface area contributed by atoms with Crippen LogP contribution in [0.2, 0.25) is 0 Å². The van der Waals surface area contributed by atoms with Crippen molar-refractivity contribution in [1.29, 1.82) is 0 Å². The number of halogens is 6. The maximum atomic E-state index is 12.6. The molecule has 26 heavy (non-hydrogen) atoms. The average molecular weight is 436 g/mol. The van der Waals surface area contributed by atoms with Crippen molar-refractivity contribution in [2.45, 2.75) is 42.0 Å². The van der Waals surface area contributed by atoms with Gasteiger partial charge in [0.05, 0.1) is 0 Å². The molecule has 0 N–H and O–H groups in total. The molecule has 0 bridgehead atoms. The number of sulfone groups is 2. The third-order valence-corrected chi connectivity index (χ3v) is 7.18. The highest BCUT2D eigenvalue weighted by molar-refractivity contribution is 8.09. The Morgan fingerprint density at radius 3 is 1.69 bits per heavy atom. The average Bonchev–Trinajstić information content (AvgIpc) is 2.39. The van der Waals surface area contributed by atoms with Crippen molar-refractivity contribution in [1.82, 2.24) is 0 Å². The molecule has 0 aromatic carbocycles. The van der Waals surface area contributed by atoms with E-state index >= 15 is 0 Å². The SMILES string of the molecule is C=C(C)COC(=O)OC(C)CC(S(=O)(=O)C(F)(F)F)S(=O)(=O)C(F)(F)F. The largest absolute Gasteiger partial charge is 0.508 e. The molecule has 0 rings (SSSR count). The molecule has 0 aliphatic carbocycles. The lowest BCUT2D eigenvalue weighted by Crippen LogP contribution is -2.46. The summed E-state index contributed by atoms with van der Waals surface area (Å²) in [5, 5.41) is 0. The summed E-state index contributed by atoms with van der Waals surface area (Å²) in [7, 11) is -13.6. The molecule has 0 radical (unpaired) electrons. The van der Waals surface area contributed by atoms with Gasteiger partial charge in [0.15, 0.2) is 4.58 Å². The van der Waals surface area contributed by atoms with Crippen molar-refractivity contribution < 1.29 is 57.4 Å². The highest BCUT2D eigenvalue weighted by Gasteiger charge is 2.63. The zero-order chi connectivity index (χ0) is 21.1. The summed E-state index contributed by atoms with van der Waals surface area (Å²) in [6, 6.07) is 0. The van der Waals surface area contributed by atoms with Gasteiger partial charge < -0.3 is 9.47 Å². The van der Waals surface area contributed by atoms with Gasteiger partial charge in [0.2, 0.25) is 0 Å². The van der Waals surface area contributed by atoms with Crippen LogP contribution in [0.1, 0.15) is 20.3 Å². The van der Waals surface area contributed by atoms with E-state index in [2.05, 4.69) is 16.1 Å². The summed E-state index contributed by atoms with van der Waals surface area (Å²) in [6.07, 6.45) is -5.34. The van der Waals surface area contributed by atoms with Gasteiger partial charge in [-0.3, -0.25) is 0 Å². The van der Waals surface area contributed by atoms with Gasteiger partial charge in [-0.25, -0.2) is 21.6 Å². The molecule has 0 heterocycles. The summed E-state index contributed by atoms with van der Waals surface area (Å²) in [6.45, 7) is 5.06. The summed E-state index contributed by atoms with van der Waals surface area (Å²) in [5.74, 6) is 0. The van der Waals surface area contributed by atoms with Crippen LogP contribution in [0, 0.1) is 0 Å². The van der Waals surface area contributed by atoms with Crippen LogP contribution in [0.3, 0.4) is 0 Å². The first-order valence-electron chi connectivity index (χ1n) is 6.42. The smallest absolute Gasteiger partial charge is 0.431 e. The van der Waals surface area contributed by atoms with Crippen LogP contribution in [0.15, 0.2) is 12.2 Å². The number of carbonyl (C=O) groups excluding carboxylic acids is 1. The number of carbonyl (C=O) groups is 1. The molecule has 154 valence electrons. The molecule has 0 aliphatic rings. The zero-order valence-electron chi connectivity index (χ0n) is 13.2. The normalized spacial score (nSPS) is 14.8. The van der Waals surface area contributed by atoms with Crippen molar-refractivity contribution in [2.75, 3.05) is 6.61 Å². The first-order valence-corrected chi connectivity index (χ1v) is 9.51. The van der Waals surface area contributed by atoms with Gasteiger partial charge in [-0.2, -0.15) is 26.3 Å². The molecule has 15 heteroatoms. The Labute approximate surface area is 144 Å². The van der Waals surface area contributed by atoms with Crippen molar-refractivity contribution in [3.63, 3.8) is 0 Å². The predicted octanol–water partition coefficient (Wildman–Crippen LogP) is 2.69. The molecule has 0 spiro atoms. The predicted molar refractivity (Wildman–Crippen MR) is 75.1 cm³/mol. The number of hydrogen-bond acceptors (Lipinski definition) is 7. The Hall–Kier alpha value is -1.51. The zero-order valence-corrected chi connectivity index (χ0v) is 14.9. The third kappa shape index (κ3) is 6.03. The van der Waals surface area contributed by atoms with E-state index < -0.39 is 60.6 Å². The topological polar surface area (TPSA) is 104 Å². The highest BCUT2D eigenvalue weighted by atomic mass is 32.3. The molecule has 7 nitrogen and oxygen atoms in total. The van der Waals surface area contributed by atoms with Crippen LogP contribution in [-0.4, -0.2) is 51.3 Å². The number of hydrogen-bond donors (Lipinski definition) is 0. The first kappa shape index (κ1) is 24.5.